The van der Waals surface area contributed by atoms with E-state index in [-0.39, 0.29) is 29.5 Å². The van der Waals surface area contributed by atoms with Crippen LogP contribution in [-0.2, 0) is 32.6 Å². The summed E-state index contributed by atoms with van der Waals surface area (Å²) < 4.78 is 35.2. The molecule has 0 aliphatic carbocycles. The Hall–Kier alpha value is -3.99. The summed E-state index contributed by atoms with van der Waals surface area (Å²) in [5.74, 6) is -0.324. The minimum atomic E-state index is -4.22. The SMILES string of the molecule is CCCNC(=O)C(Cc1ccccc1)N(Cc1ccccc1Cl)C(=O)CN(c1ccc(OCC)cc1)S(=O)(=O)c1ccc(SC)cc1. The summed E-state index contributed by atoms with van der Waals surface area (Å²) in [6, 6.07) is 28.7. The average molecular weight is 694 g/mol. The maximum absolute atomic E-state index is 14.6. The Morgan fingerprint density at radius 3 is 2.17 bits per heavy atom. The van der Waals surface area contributed by atoms with Gasteiger partial charge in [-0.2, -0.15) is 0 Å². The lowest BCUT2D eigenvalue weighted by molar-refractivity contribution is -0.140. The molecule has 4 aromatic carbocycles. The number of thioether (sulfide) groups is 1. The Morgan fingerprint density at radius 2 is 1.55 bits per heavy atom. The van der Waals surface area contributed by atoms with Crippen LogP contribution in [0.25, 0.3) is 0 Å². The first-order valence-electron chi connectivity index (χ1n) is 15.4. The fourth-order valence-electron chi connectivity index (χ4n) is 5.01. The van der Waals surface area contributed by atoms with Crippen molar-refractivity contribution < 1.29 is 22.7 Å². The number of amides is 2. The molecule has 0 spiro atoms. The van der Waals surface area contributed by atoms with Crippen LogP contribution in [0.5, 0.6) is 5.75 Å². The van der Waals surface area contributed by atoms with Crippen LogP contribution < -0.4 is 14.4 Å². The zero-order valence-corrected chi connectivity index (χ0v) is 29.2. The minimum Gasteiger partial charge on any atom is -0.494 e. The number of nitrogens with zero attached hydrogens (tertiary/aromatic N) is 2. The lowest BCUT2D eigenvalue weighted by atomic mass is 10.0. The van der Waals surface area contributed by atoms with Crippen molar-refractivity contribution in [2.45, 2.75) is 49.1 Å². The summed E-state index contributed by atoms with van der Waals surface area (Å²) in [6.07, 6.45) is 2.84. The monoisotopic (exact) mass is 693 g/mol. The first-order chi connectivity index (χ1) is 22.7. The van der Waals surface area contributed by atoms with E-state index in [4.69, 9.17) is 16.3 Å². The fourth-order valence-corrected chi connectivity index (χ4v) is 7.03. The first kappa shape index (κ1) is 35.9. The molecular formula is C36H40ClN3O5S2. The largest absolute Gasteiger partial charge is 0.494 e. The molecule has 0 fully saturated rings. The molecule has 0 saturated heterocycles. The van der Waals surface area contributed by atoms with Crippen LogP contribution in [0.3, 0.4) is 0 Å². The molecule has 47 heavy (non-hydrogen) atoms. The lowest BCUT2D eigenvalue weighted by Gasteiger charge is -2.34. The zero-order valence-electron chi connectivity index (χ0n) is 26.8. The summed E-state index contributed by atoms with van der Waals surface area (Å²) in [5.41, 5.74) is 1.77. The van der Waals surface area contributed by atoms with Gasteiger partial charge in [0.2, 0.25) is 11.8 Å². The van der Waals surface area contributed by atoms with Crippen molar-refractivity contribution in [3.05, 3.63) is 119 Å². The second-order valence-electron chi connectivity index (χ2n) is 10.7. The van der Waals surface area contributed by atoms with Gasteiger partial charge in [-0.25, -0.2) is 8.42 Å². The van der Waals surface area contributed by atoms with Gasteiger partial charge in [0.15, 0.2) is 0 Å². The van der Waals surface area contributed by atoms with Gasteiger partial charge in [0.05, 0.1) is 17.2 Å². The van der Waals surface area contributed by atoms with Crippen LogP contribution in [-0.4, -0.2) is 57.1 Å². The standard InChI is InChI=1S/C36H40ClN3O5S2/c1-4-23-38-36(42)34(24-27-11-7-6-8-12-27)39(25-28-13-9-10-14-33(28)37)35(41)26-40(29-15-17-30(18-16-29)45-5-2)47(43,44)32-21-19-31(46-3)20-22-32/h6-22,34H,4-5,23-26H2,1-3H3,(H,38,42). The second-order valence-corrected chi connectivity index (χ2v) is 13.9. The van der Waals surface area contributed by atoms with E-state index in [2.05, 4.69) is 5.32 Å². The van der Waals surface area contributed by atoms with Crippen LogP contribution >= 0.6 is 23.4 Å². The first-order valence-corrected chi connectivity index (χ1v) is 18.5. The number of carbonyl (C=O) groups is 2. The molecule has 4 rings (SSSR count). The summed E-state index contributed by atoms with van der Waals surface area (Å²) in [5, 5.41) is 3.38. The average Bonchev–Trinajstić information content (AvgIpc) is 3.09. The molecule has 1 N–H and O–H groups in total. The molecule has 0 radical (unpaired) electrons. The van der Waals surface area contributed by atoms with Gasteiger partial charge in [-0.3, -0.25) is 13.9 Å². The van der Waals surface area contributed by atoms with E-state index in [0.29, 0.717) is 35.9 Å². The van der Waals surface area contributed by atoms with Gasteiger partial charge in [0.1, 0.15) is 18.3 Å². The molecule has 0 aliphatic rings. The number of anilines is 1. The van der Waals surface area contributed by atoms with Crippen LogP contribution in [0, 0.1) is 0 Å². The molecule has 248 valence electrons. The number of ether oxygens (including phenoxy) is 1. The van der Waals surface area contributed by atoms with Gasteiger partial charge < -0.3 is 15.0 Å². The number of halogens is 1. The number of nitrogens with one attached hydrogen (secondary N) is 1. The van der Waals surface area contributed by atoms with Crippen molar-refractivity contribution in [2.75, 3.05) is 30.3 Å². The quantitative estimate of drug-likeness (QED) is 0.129. The third-order valence-electron chi connectivity index (χ3n) is 7.48. The van der Waals surface area contributed by atoms with E-state index in [9.17, 15) is 18.0 Å². The van der Waals surface area contributed by atoms with E-state index in [1.54, 1.807) is 54.6 Å². The molecule has 0 aromatic heterocycles. The molecule has 2 amide bonds. The minimum absolute atomic E-state index is 0.00482. The summed E-state index contributed by atoms with van der Waals surface area (Å²) in [4.78, 5) is 30.7. The molecule has 0 saturated carbocycles. The molecule has 0 bridgehead atoms. The van der Waals surface area contributed by atoms with Gasteiger partial charge in [-0.15, -0.1) is 11.8 Å². The van der Waals surface area contributed by atoms with E-state index in [0.717, 1.165) is 14.8 Å². The molecule has 8 nitrogen and oxygen atoms in total. The fraction of sp³-hybridized carbons (Fsp3) is 0.278. The van der Waals surface area contributed by atoms with E-state index < -0.39 is 28.5 Å². The van der Waals surface area contributed by atoms with Gasteiger partial charge in [-0.1, -0.05) is 67.1 Å². The van der Waals surface area contributed by atoms with Crippen LogP contribution in [0.4, 0.5) is 5.69 Å². The molecule has 11 heteroatoms. The van der Waals surface area contributed by atoms with E-state index >= 15 is 0 Å². The van der Waals surface area contributed by atoms with Crippen molar-refractivity contribution in [1.29, 1.82) is 0 Å². The number of hydrogen-bond donors (Lipinski definition) is 1. The molecule has 0 aliphatic heterocycles. The van der Waals surface area contributed by atoms with Gasteiger partial charge in [0.25, 0.3) is 10.0 Å². The van der Waals surface area contributed by atoms with Crippen molar-refractivity contribution >= 4 is 50.9 Å². The summed E-state index contributed by atoms with van der Waals surface area (Å²) >= 11 is 8.06. The number of benzene rings is 4. The van der Waals surface area contributed by atoms with Crippen LogP contribution in [0.1, 0.15) is 31.4 Å². The Morgan fingerprint density at radius 1 is 0.894 bits per heavy atom. The zero-order chi connectivity index (χ0) is 33.8. The lowest BCUT2D eigenvalue weighted by Crippen LogP contribution is -2.53. The summed E-state index contributed by atoms with van der Waals surface area (Å²) in [6.45, 7) is 4.12. The number of sulfonamides is 1. The number of hydrogen-bond acceptors (Lipinski definition) is 6. The number of rotatable bonds is 16. The highest BCUT2D eigenvalue weighted by molar-refractivity contribution is 7.98. The van der Waals surface area contributed by atoms with Gasteiger partial charge >= 0.3 is 0 Å². The van der Waals surface area contributed by atoms with Crippen LogP contribution in [0.2, 0.25) is 5.02 Å². The highest BCUT2D eigenvalue weighted by Crippen LogP contribution is 2.28. The Kier molecular flexibility index (Phi) is 13.2. The predicted octanol–water partition coefficient (Wildman–Crippen LogP) is 6.82. The van der Waals surface area contributed by atoms with Crippen molar-refractivity contribution in [2.24, 2.45) is 0 Å². The van der Waals surface area contributed by atoms with E-state index in [1.807, 2.05) is 56.5 Å². The maximum atomic E-state index is 14.6. The Balaban J connectivity index is 1.80. The van der Waals surface area contributed by atoms with Crippen molar-refractivity contribution in [3.8, 4) is 5.75 Å². The Labute approximate surface area is 287 Å². The maximum Gasteiger partial charge on any atom is 0.264 e. The van der Waals surface area contributed by atoms with Crippen molar-refractivity contribution in [3.63, 3.8) is 0 Å². The number of carbonyl (C=O) groups excluding carboxylic acids is 2. The van der Waals surface area contributed by atoms with E-state index in [1.165, 1.54) is 28.8 Å². The second kappa shape index (κ2) is 17.2. The van der Waals surface area contributed by atoms with Crippen molar-refractivity contribution in [1.82, 2.24) is 10.2 Å². The molecule has 1 unspecified atom stereocenters. The van der Waals surface area contributed by atoms with Gasteiger partial charge in [0, 0.05) is 29.4 Å². The third kappa shape index (κ3) is 9.53. The molecule has 4 aromatic rings. The van der Waals surface area contributed by atoms with Gasteiger partial charge in [-0.05, 0) is 85.3 Å². The highest BCUT2D eigenvalue weighted by atomic mass is 35.5. The normalized spacial score (nSPS) is 11.8. The summed E-state index contributed by atoms with van der Waals surface area (Å²) in [7, 11) is -4.22. The Bertz CT molecular complexity index is 1720. The van der Waals surface area contributed by atoms with Crippen LogP contribution in [0.15, 0.2) is 113 Å². The third-order valence-corrected chi connectivity index (χ3v) is 10.4. The molecule has 0 heterocycles. The smallest absolute Gasteiger partial charge is 0.264 e. The highest BCUT2D eigenvalue weighted by Gasteiger charge is 2.35. The predicted molar refractivity (Wildman–Crippen MR) is 190 cm³/mol. The topological polar surface area (TPSA) is 96.0 Å². The molecule has 1 atom stereocenters. The molecular weight excluding hydrogens is 654 g/mol.